The molecule has 0 radical (unpaired) electrons. The maximum atomic E-state index is 13.4. The fourth-order valence-electron chi connectivity index (χ4n) is 1.30. The van der Waals surface area contributed by atoms with Gasteiger partial charge in [-0.3, -0.25) is 0 Å². The van der Waals surface area contributed by atoms with Gasteiger partial charge in [0.2, 0.25) is 0 Å². The highest BCUT2D eigenvalue weighted by molar-refractivity contribution is 6.39. The van der Waals surface area contributed by atoms with E-state index in [1.54, 1.807) is 12.1 Å². The summed E-state index contributed by atoms with van der Waals surface area (Å²) in [6, 6.07) is 6.13. The van der Waals surface area contributed by atoms with Crippen molar-refractivity contribution in [2.24, 2.45) is 0 Å². The van der Waals surface area contributed by atoms with E-state index >= 15 is 0 Å². The van der Waals surface area contributed by atoms with E-state index in [1.807, 2.05) is 0 Å². The highest BCUT2D eigenvalue weighted by atomic mass is 35.5. The van der Waals surface area contributed by atoms with E-state index in [4.69, 9.17) is 28.5 Å². The van der Waals surface area contributed by atoms with Gasteiger partial charge in [-0.05, 0) is 12.1 Å². The minimum Gasteiger partial charge on any atom is -0.234 e. The molecule has 1 aromatic carbocycles. The van der Waals surface area contributed by atoms with Crippen LogP contribution in [0, 0.1) is 17.1 Å². The molecule has 0 bridgehead atoms. The molecule has 0 spiro atoms. The van der Waals surface area contributed by atoms with Crippen molar-refractivity contribution in [3.05, 3.63) is 39.8 Å². The predicted octanol–water partition coefficient (Wildman–Crippen LogP) is 3.55. The first-order valence-electron chi connectivity index (χ1n) is 3.98. The van der Waals surface area contributed by atoms with Gasteiger partial charge in [0, 0.05) is 0 Å². The predicted molar refractivity (Wildman–Crippen MR) is 56.4 cm³/mol. The fourth-order valence-corrected chi connectivity index (χ4v) is 1.89. The summed E-state index contributed by atoms with van der Waals surface area (Å²) >= 11 is 11.6. The molecule has 0 aliphatic heterocycles. The quantitative estimate of drug-likeness (QED) is 0.661. The first-order valence-corrected chi connectivity index (χ1v) is 4.74. The average Bonchev–Trinajstić information content (AvgIpc) is 2.17. The monoisotopic (exact) mass is 240 g/mol. The molecule has 0 fully saturated rings. The van der Waals surface area contributed by atoms with Gasteiger partial charge in [-0.2, -0.15) is 5.26 Å². The maximum Gasteiger partial charge on any atom is 0.149 e. The highest BCUT2D eigenvalue weighted by Crippen LogP contribution is 2.31. The second-order valence-corrected chi connectivity index (χ2v) is 3.57. The SMILES string of the molecule is N#Cc1c(Cl)nc2cccc(F)c2c1Cl. The highest BCUT2D eigenvalue weighted by Gasteiger charge is 2.14. The Morgan fingerprint density at radius 1 is 1.33 bits per heavy atom. The Morgan fingerprint density at radius 2 is 2.07 bits per heavy atom. The summed E-state index contributed by atoms with van der Waals surface area (Å²) in [6.07, 6.45) is 0. The van der Waals surface area contributed by atoms with Gasteiger partial charge in [0.25, 0.3) is 0 Å². The summed E-state index contributed by atoms with van der Waals surface area (Å²) in [5, 5.41) is 8.89. The molecule has 15 heavy (non-hydrogen) atoms. The van der Waals surface area contributed by atoms with Gasteiger partial charge in [-0.25, -0.2) is 9.37 Å². The van der Waals surface area contributed by atoms with Crippen molar-refractivity contribution in [3.8, 4) is 6.07 Å². The molecule has 1 heterocycles. The van der Waals surface area contributed by atoms with E-state index in [1.165, 1.54) is 12.1 Å². The van der Waals surface area contributed by atoms with Crippen LogP contribution in [-0.4, -0.2) is 4.98 Å². The molecular weight excluding hydrogens is 238 g/mol. The van der Waals surface area contributed by atoms with Crippen molar-refractivity contribution < 1.29 is 4.39 Å². The number of fused-ring (bicyclic) bond motifs is 1. The largest absolute Gasteiger partial charge is 0.234 e. The van der Waals surface area contributed by atoms with Gasteiger partial charge in [-0.1, -0.05) is 29.3 Å². The number of nitriles is 1. The maximum absolute atomic E-state index is 13.4. The fraction of sp³-hybridized carbons (Fsp3) is 0. The summed E-state index contributed by atoms with van der Waals surface area (Å²) in [5.74, 6) is -0.516. The minimum atomic E-state index is -0.516. The molecule has 0 N–H and O–H groups in total. The zero-order valence-electron chi connectivity index (χ0n) is 7.26. The molecule has 0 saturated heterocycles. The standard InChI is InChI=1S/C10H3Cl2FN2/c11-9-5(4-14)10(12)15-7-3-1-2-6(13)8(7)9/h1-3H. The Bertz CT molecular complexity index is 590. The molecule has 74 valence electrons. The molecule has 0 atom stereocenters. The van der Waals surface area contributed by atoms with Crippen LogP contribution in [0.2, 0.25) is 10.2 Å². The number of nitrogens with zero attached hydrogens (tertiary/aromatic N) is 2. The Labute approximate surface area is 94.9 Å². The summed E-state index contributed by atoms with van der Waals surface area (Å²) < 4.78 is 13.4. The van der Waals surface area contributed by atoms with E-state index in [2.05, 4.69) is 4.98 Å². The molecule has 2 aromatic rings. The lowest BCUT2D eigenvalue weighted by Gasteiger charge is -2.04. The summed E-state index contributed by atoms with van der Waals surface area (Å²) in [4.78, 5) is 3.89. The van der Waals surface area contributed by atoms with E-state index in [0.717, 1.165) is 0 Å². The Morgan fingerprint density at radius 3 is 2.73 bits per heavy atom. The number of aromatic nitrogens is 1. The molecule has 0 unspecified atom stereocenters. The summed E-state index contributed by atoms with van der Waals surface area (Å²) in [7, 11) is 0. The van der Waals surface area contributed by atoms with Gasteiger partial charge >= 0.3 is 0 Å². The van der Waals surface area contributed by atoms with Gasteiger partial charge in [-0.15, -0.1) is 0 Å². The minimum absolute atomic E-state index is 0.00377. The van der Waals surface area contributed by atoms with Crippen molar-refractivity contribution in [2.45, 2.75) is 0 Å². The smallest absolute Gasteiger partial charge is 0.149 e. The van der Waals surface area contributed by atoms with E-state index in [-0.39, 0.29) is 21.1 Å². The third-order valence-corrected chi connectivity index (χ3v) is 2.62. The number of pyridine rings is 1. The van der Waals surface area contributed by atoms with Crippen molar-refractivity contribution in [1.29, 1.82) is 5.26 Å². The Balaban J connectivity index is 3.01. The molecule has 2 rings (SSSR count). The van der Waals surface area contributed by atoms with Crippen LogP contribution in [0.5, 0.6) is 0 Å². The molecule has 0 amide bonds. The van der Waals surface area contributed by atoms with Crippen LogP contribution in [0.15, 0.2) is 18.2 Å². The number of benzene rings is 1. The van der Waals surface area contributed by atoms with Crippen LogP contribution < -0.4 is 0 Å². The first-order chi connectivity index (χ1) is 7.15. The molecule has 5 heteroatoms. The van der Waals surface area contributed by atoms with Crippen LogP contribution in [-0.2, 0) is 0 Å². The Kier molecular flexibility index (Phi) is 2.47. The third kappa shape index (κ3) is 1.52. The average molecular weight is 241 g/mol. The topological polar surface area (TPSA) is 36.7 Å². The summed E-state index contributed by atoms with van der Waals surface area (Å²) in [6.45, 7) is 0. The molecule has 1 aromatic heterocycles. The van der Waals surface area contributed by atoms with Crippen LogP contribution in [0.3, 0.4) is 0 Å². The Hall–Kier alpha value is -1.37. The second kappa shape index (κ2) is 3.65. The van der Waals surface area contributed by atoms with Crippen LogP contribution in [0.1, 0.15) is 5.56 Å². The molecule has 0 saturated carbocycles. The van der Waals surface area contributed by atoms with Crippen LogP contribution >= 0.6 is 23.2 Å². The van der Waals surface area contributed by atoms with Gasteiger partial charge in [0.15, 0.2) is 0 Å². The molecule has 0 aliphatic rings. The number of hydrogen-bond acceptors (Lipinski definition) is 2. The van der Waals surface area contributed by atoms with Crippen molar-refractivity contribution in [1.82, 2.24) is 4.98 Å². The zero-order chi connectivity index (χ0) is 11.0. The van der Waals surface area contributed by atoms with Crippen molar-refractivity contribution >= 4 is 34.1 Å². The van der Waals surface area contributed by atoms with Gasteiger partial charge < -0.3 is 0 Å². The lowest BCUT2D eigenvalue weighted by atomic mass is 10.1. The number of rotatable bonds is 0. The van der Waals surface area contributed by atoms with Gasteiger partial charge in [0.05, 0.1) is 15.9 Å². The van der Waals surface area contributed by atoms with E-state index < -0.39 is 5.82 Å². The zero-order valence-corrected chi connectivity index (χ0v) is 8.77. The van der Waals surface area contributed by atoms with Crippen molar-refractivity contribution in [3.63, 3.8) is 0 Å². The normalized spacial score (nSPS) is 10.3. The molecule has 0 aliphatic carbocycles. The summed E-state index contributed by atoms with van der Waals surface area (Å²) in [5.41, 5.74) is 0.333. The second-order valence-electron chi connectivity index (χ2n) is 2.84. The van der Waals surface area contributed by atoms with Gasteiger partial charge in [0.1, 0.15) is 22.6 Å². The lowest BCUT2D eigenvalue weighted by molar-refractivity contribution is 0.639. The first kappa shape index (κ1) is 10.2. The molecular formula is C10H3Cl2FN2. The van der Waals surface area contributed by atoms with Crippen LogP contribution in [0.4, 0.5) is 4.39 Å². The number of halogens is 3. The molecule has 2 nitrogen and oxygen atoms in total. The van der Waals surface area contributed by atoms with E-state index in [0.29, 0.717) is 5.52 Å². The lowest BCUT2D eigenvalue weighted by Crippen LogP contribution is -1.90. The number of hydrogen-bond donors (Lipinski definition) is 0. The van der Waals surface area contributed by atoms with Crippen molar-refractivity contribution in [2.75, 3.05) is 0 Å². The van der Waals surface area contributed by atoms with Crippen LogP contribution in [0.25, 0.3) is 10.9 Å². The third-order valence-electron chi connectivity index (χ3n) is 1.97. The van der Waals surface area contributed by atoms with E-state index in [9.17, 15) is 4.39 Å².